The van der Waals surface area contributed by atoms with Gasteiger partial charge >= 0.3 is 0 Å². The lowest BCUT2D eigenvalue weighted by molar-refractivity contribution is -0.122. The number of ketones is 1. The van der Waals surface area contributed by atoms with Gasteiger partial charge in [0.15, 0.2) is 5.78 Å². The first kappa shape index (κ1) is 22.1. The number of hydrogen-bond acceptors (Lipinski definition) is 6. The summed E-state index contributed by atoms with van der Waals surface area (Å²) < 4.78 is 10.8. The second kappa shape index (κ2) is 8.37. The molecule has 180 valence electrons. The zero-order valence-electron chi connectivity index (χ0n) is 19.8. The van der Waals surface area contributed by atoms with Crippen LogP contribution >= 0.6 is 0 Å². The van der Waals surface area contributed by atoms with E-state index < -0.39 is 29.8 Å². The summed E-state index contributed by atoms with van der Waals surface area (Å²) in [7, 11) is 3.01. The van der Waals surface area contributed by atoms with E-state index in [0.29, 0.717) is 22.7 Å². The molecule has 36 heavy (non-hydrogen) atoms. The Kier molecular flexibility index (Phi) is 5.14. The van der Waals surface area contributed by atoms with Crippen molar-refractivity contribution in [1.82, 2.24) is 0 Å². The Labute approximate surface area is 208 Å². The van der Waals surface area contributed by atoms with E-state index in [1.54, 1.807) is 42.5 Å². The predicted molar refractivity (Wildman–Crippen MR) is 135 cm³/mol. The highest BCUT2D eigenvalue weighted by Gasteiger charge is 2.64. The van der Waals surface area contributed by atoms with E-state index in [0.717, 1.165) is 11.3 Å². The van der Waals surface area contributed by atoms with Gasteiger partial charge in [0, 0.05) is 17.3 Å². The number of rotatable bonds is 5. The van der Waals surface area contributed by atoms with Crippen molar-refractivity contribution in [2.75, 3.05) is 24.0 Å². The Balaban J connectivity index is 1.50. The van der Waals surface area contributed by atoms with Gasteiger partial charge < -0.3 is 14.4 Å². The zero-order valence-corrected chi connectivity index (χ0v) is 19.8. The summed E-state index contributed by atoms with van der Waals surface area (Å²) in [5.41, 5.74) is 2.62. The SMILES string of the molecule is COc1ccc(OC)c(N2C(=O)C3C(C2=O)C(C(=O)c2ccccc2)N2c4ccccc4C=CC32)c1. The molecule has 7 heteroatoms. The van der Waals surface area contributed by atoms with Crippen molar-refractivity contribution in [2.24, 2.45) is 11.8 Å². The lowest BCUT2D eigenvalue weighted by Gasteiger charge is -2.36. The van der Waals surface area contributed by atoms with Crippen molar-refractivity contribution in [1.29, 1.82) is 0 Å². The summed E-state index contributed by atoms with van der Waals surface area (Å²) in [5, 5.41) is 0. The molecule has 4 atom stereocenters. The van der Waals surface area contributed by atoms with Gasteiger partial charge in [0.05, 0.1) is 37.8 Å². The summed E-state index contributed by atoms with van der Waals surface area (Å²) >= 11 is 0. The summed E-state index contributed by atoms with van der Waals surface area (Å²) in [6.45, 7) is 0. The first-order valence-corrected chi connectivity index (χ1v) is 11.8. The van der Waals surface area contributed by atoms with Crippen LogP contribution < -0.4 is 19.3 Å². The van der Waals surface area contributed by atoms with Crippen LogP contribution in [-0.4, -0.2) is 43.9 Å². The van der Waals surface area contributed by atoms with Crippen LogP contribution in [0.5, 0.6) is 11.5 Å². The number of para-hydroxylation sites is 1. The number of hydrogen-bond donors (Lipinski definition) is 0. The van der Waals surface area contributed by atoms with Gasteiger partial charge in [-0.3, -0.25) is 14.4 Å². The van der Waals surface area contributed by atoms with Crippen LogP contribution in [0.2, 0.25) is 0 Å². The summed E-state index contributed by atoms with van der Waals surface area (Å²) in [6, 6.07) is 20.4. The van der Waals surface area contributed by atoms with Gasteiger partial charge in [0.1, 0.15) is 17.5 Å². The number of carbonyl (C=O) groups is 3. The van der Waals surface area contributed by atoms with E-state index in [-0.39, 0.29) is 11.7 Å². The molecule has 3 aliphatic rings. The van der Waals surface area contributed by atoms with Crippen molar-refractivity contribution >= 4 is 35.0 Å². The first-order valence-electron chi connectivity index (χ1n) is 11.8. The van der Waals surface area contributed by atoms with Gasteiger partial charge in [0.2, 0.25) is 11.8 Å². The number of anilines is 2. The minimum absolute atomic E-state index is 0.182. The Morgan fingerprint density at radius 3 is 2.28 bits per heavy atom. The smallest absolute Gasteiger partial charge is 0.240 e. The van der Waals surface area contributed by atoms with Crippen LogP contribution in [-0.2, 0) is 9.59 Å². The van der Waals surface area contributed by atoms with E-state index in [1.165, 1.54) is 19.1 Å². The number of Topliss-reactive ketones (excluding diaryl/α,β-unsaturated/α-hetero) is 1. The van der Waals surface area contributed by atoms with Crippen LogP contribution in [0.25, 0.3) is 6.08 Å². The summed E-state index contributed by atoms with van der Waals surface area (Å²) in [6.07, 6.45) is 3.91. The van der Waals surface area contributed by atoms with Crippen LogP contribution in [0.3, 0.4) is 0 Å². The second-order valence-corrected chi connectivity index (χ2v) is 9.09. The normalized spacial score (nSPS) is 23.8. The summed E-state index contributed by atoms with van der Waals surface area (Å²) in [5.74, 6) is -1.63. The van der Waals surface area contributed by atoms with Crippen molar-refractivity contribution in [3.05, 3.63) is 90.0 Å². The number of amides is 2. The molecule has 0 aliphatic carbocycles. The molecule has 0 N–H and O–H groups in total. The standard InChI is InChI=1S/C29H24N2O5/c1-35-19-13-15-23(36-2)22(16-19)31-28(33)24-21-14-12-17-8-6-7-11-20(17)30(21)26(25(24)29(31)34)27(32)18-9-4-3-5-10-18/h3-16,21,24-26H,1-2H3. The molecule has 3 heterocycles. The molecule has 2 fully saturated rings. The topological polar surface area (TPSA) is 76.1 Å². The molecule has 0 saturated carbocycles. The molecule has 6 rings (SSSR count). The van der Waals surface area contributed by atoms with E-state index in [4.69, 9.17) is 9.47 Å². The van der Waals surface area contributed by atoms with Crippen LogP contribution in [0.4, 0.5) is 11.4 Å². The predicted octanol–water partition coefficient (Wildman–Crippen LogP) is 3.98. The minimum atomic E-state index is -0.845. The fourth-order valence-electron chi connectivity index (χ4n) is 5.80. The highest BCUT2D eigenvalue weighted by molar-refractivity contribution is 6.26. The Morgan fingerprint density at radius 2 is 1.53 bits per heavy atom. The molecule has 3 aromatic carbocycles. The van der Waals surface area contributed by atoms with Crippen LogP contribution in [0.15, 0.2) is 78.9 Å². The lowest BCUT2D eigenvalue weighted by atomic mass is 9.86. The monoisotopic (exact) mass is 480 g/mol. The third kappa shape index (κ3) is 3.09. The minimum Gasteiger partial charge on any atom is -0.497 e. The quantitative estimate of drug-likeness (QED) is 0.406. The molecular formula is C29H24N2O5. The molecule has 7 nitrogen and oxygen atoms in total. The zero-order chi connectivity index (χ0) is 25.0. The van der Waals surface area contributed by atoms with Gasteiger partial charge in [0.25, 0.3) is 0 Å². The molecule has 0 bridgehead atoms. The van der Waals surface area contributed by atoms with Crippen molar-refractivity contribution in [2.45, 2.75) is 12.1 Å². The number of imide groups is 1. The fourth-order valence-corrected chi connectivity index (χ4v) is 5.80. The maximum absolute atomic E-state index is 14.1. The van der Waals surface area contributed by atoms with E-state index in [9.17, 15) is 14.4 Å². The van der Waals surface area contributed by atoms with Crippen molar-refractivity contribution < 1.29 is 23.9 Å². The largest absolute Gasteiger partial charge is 0.497 e. The van der Waals surface area contributed by atoms with E-state index >= 15 is 0 Å². The van der Waals surface area contributed by atoms with E-state index in [2.05, 4.69) is 0 Å². The summed E-state index contributed by atoms with van der Waals surface area (Å²) in [4.78, 5) is 45.2. The van der Waals surface area contributed by atoms with E-state index in [1.807, 2.05) is 47.4 Å². The third-order valence-corrected chi connectivity index (χ3v) is 7.37. The molecule has 0 aromatic heterocycles. The second-order valence-electron chi connectivity index (χ2n) is 9.09. The van der Waals surface area contributed by atoms with Crippen molar-refractivity contribution in [3.63, 3.8) is 0 Å². The number of methoxy groups -OCH3 is 2. The maximum atomic E-state index is 14.1. The Morgan fingerprint density at radius 1 is 0.806 bits per heavy atom. The molecule has 0 spiro atoms. The number of nitrogens with zero attached hydrogens (tertiary/aromatic N) is 2. The average Bonchev–Trinajstić information content (AvgIpc) is 3.40. The number of benzene rings is 3. The molecule has 2 saturated heterocycles. The number of fused-ring (bicyclic) bond motifs is 5. The molecule has 2 amide bonds. The lowest BCUT2D eigenvalue weighted by Crippen LogP contribution is -2.48. The molecule has 3 aliphatic heterocycles. The fraction of sp³-hybridized carbons (Fsp3) is 0.207. The van der Waals surface area contributed by atoms with Crippen LogP contribution in [0.1, 0.15) is 15.9 Å². The van der Waals surface area contributed by atoms with Gasteiger partial charge in [-0.1, -0.05) is 60.7 Å². The maximum Gasteiger partial charge on any atom is 0.240 e. The van der Waals surface area contributed by atoms with Gasteiger partial charge in [-0.2, -0.15) is 0 Å². The molecule has 0 radical (unpaired) electrons. The van der Waals surface area contributed by atoms with Crippen LogP contribution in [0, 0.1) is 11.8 Å². The molecular weight excluding hydrogens is 456 g/mol. The number of carbonyl (C=O) groups excluding carboxylic acids is 3. The highest BCUT2D eigenvalue weighted by Crippen LogP contribution is 2.51. The highest BCUT2D eigenvalue weighted by atomic mass is 16.5. The Bertz CT molecular complexity index is 1420. The molecule has 3 aromatic rings. The molecule has 4 unspecified atom stereocenters. The first-order chi connectivity index (χ1) is 17.5. The van der Waals surface area contributed by atoms with Crippen molar-refractivity contribution in [3.8, 4) is 11.5 Å². The Hall–Kier alpha value is -4.39. The third-order valence-electron chi connectivity index (χ3n) is 7.37. The van der Waals surface area contributed by atoms with Gasteiger partial charge in [-0.25, -0.2) is 4.90 Å². The number of ether oxygens (including phenoxy) is 2. The van der Waals surface area contributed by atoms with Gasteiger partial charge in [-0.05, 0) is 23.8 Å². The van der Waals surface area contributed by atoms with Gasteiger partial charge in [-0.15, -0.1) is 0 Å². The average molecular weight is 481 g/mol.